The van der Waals surface area contributed by atoms with Gasteiger partial charge in [-0.05, 0) is 22.8 Å². The maximum atomic E-state index is 12.0. The summed E-state index contributed by atoms with van der Waals surface area (Å²) in [5.41, 5.74) is 9.91. The first-order valence-electron chi connectivity index (χ1n) is 5.76. The molecule has 92 valence electrons. The van der Waals surface area contributed by atoms with E-state index in [1.54, 1.807) is 24.3 Å². The zero-order chi connectivity index (χ0) is 13.2. The average Bonchev–Trinajstić information content (AvgIpc) is 2.44. The Bertz CT molecular complexity index is 660. The van der Waals surface area contributed by atoms with Gasteiger partial charge in [-0.1, -0.05) is 36.4 Å². The van der Waals surface area contributed by atoms with Crippen molar-refractivity contribution in [2.75, 3.05) is 0 Å². The van der Waals surface area contributed by atoms with Gasteiger partial charge in [-0.3, -0.25) is 4.79 Å². The lowest BCUT2D eigenvalue weighted by molar-refractivity contribution is -0.118. The molecule has 1 aliphatic rings. The van der Waals surface area contributed by atoms with Gasteiger partial charge in [0, 0.05) is 16.0 Å². The summed E-state index contributed by atoms with van der Waals surface area (Å²) in [7, 11) is 0. The molecule has 0 aliphatic carbocycles. The number of azide groups is 1. The molecule has 0 N–H and O–H groups in total. The molecule has 19 heavy (non-hydrogen) atoms. The van der Waals surface area contributed by atoms with Crippen LogP contribution in [0.15, 0.2) is 53.6 Å². The molecule has 0 aromatic heterocycles. The predicted molar refractivity (Wildman–Crippen MR) is 69.0 cm³/mol. The minimum absolute atomic E-state index is 0.522. The van der Waals surface area contributed by atoms with Gasteiger partial charge >= 0.3 is 0 Å². The first-order valence-corrected chi connectivity index (χ1v) is 5.76. The molecule has 5 heteroatoms. The SMILES string of the molecule is [N-]=[N+]=NC(=O)C1c2ccccc2Oc2ccccc21. The number of carbonyl (C=O) groups is 1. The smallest absolute Gasteiger partial charge is 0.231 e. The van der Waals surface area contributed by atoms with Crippen LogP contribution >= 0.6 is 0 Å². The second-order valence-electron chi connectivity index (χ2n) is 4.14. The second-order valence-corrected chi connectivity index (χ2v) is 4.14. The number of ether oxygens (including phenoxy) is 1. The van der Waals surface area contributed by atoms with Crippen LogP contribution in [0.25, 0.3) is 10.4 Å². The van der Waals surface area contributed by atoms with Crippen LogP contribution in [0.4, 0.5) is 0 Å². The Hall–Kier alpha value is -2.78. The Kier molecular flexibility index (Phi) is 2.67. The summed E-state index contributed by atoms with van der Waals surface area (Å²) < 4.78 is 5.75. The van der Waals surface area contributed by atoms with E-state index in [-0.39, 0.29) is 0 Å². The van der Waals surface area contributed by atoms with E-state index in [4.69, 9.17) is 10.3 Å². The topological polar surface area (TPSA) is 75.1 Å². The third kappa shape index (κ3) is 1.82. The third-order valence-electron chi connectivity index (χ3n) is 3.07. The standard InChI is InChI=1S/C14H9N3O2/c15-17-16-14(18)13-9-5-1-3-7-11(9)19-12-8-4-2-6-10(12)13/h1-8,13H. The van der Waals surface area contributed by atoms with Gasteiger partial charge in [0.05, 0.1) is 5.92 Å². The number of rotatable bonds is 1. The Balaban J connectivity index is 2.22. The lowest BCUT2D eigenvalue weighted by Gasteiger charge is -2.26. The Labute approximate surface area is 109 Å². The fourth-order valence-corrected chi connectivity index (χ4v) is 2.28. The van der Waals surface area contributed by atoms with Gasteiger partial charge < -0.3 is 4.74 Å². The maximum absolute atomic E-state index is 12.0. The molecule has 2 aromatic rings. The second kappa shape index (κ2) is 4.48. The van der Waals surface area contributed by atoms with E-state index in [2.05, 4.69) is 10.0 Å². The molecule has 1 aliphatic heterocycles. The van der Waals surface area contributed by atoms with Crippen LogP contribution in [0.2, 0.25) is 0 Å². The molecule has 0 bridgehead atoms. The number of carbonyl (C=O) groups excluding carboxylic acids is 1. The highest BCUT2D eigenvalue weighted by molar-refractivity contribution is 5.90. The Morgan fingerprint density at radius 1 is 1.05 bits per heavy atom. The number of hydrogen-bond acceptors (Lipinski definition) is 2. The summed E-state index contributed by atoms with van der Waals surface area (Å²) in [6, 6.07) is 14.5. The van der Waals surface area contributed by atoms with E-state index in [0.29, 0.717) is 11.5 Å². The first kappa shape index (κ1) is 11.3. The number of para-hydroxylation sites is 2. The number of amides is 1. The van der Waals surface area contributed by atoms with Crippen molar-refractivity contribution in [2.45, 2.75) is 5.92 Å². The zero-order valence-electron chi connectivity index (χ0n) is 9.85. The summed E-state index contributed by atoms with van der Waals surface area (Å²) in [5.74, 6) is 0.114. The number of hydrogen-bond donors (Lipinski definition) is 0. The molecule has 0 spiro atoms. The molecule has 0 saturated heterocycles. The molecule has 1 heterocycles. The van der Waals surface area contributed by atoms with Crippen LogP contribution < -0.4 is 4.74 Å². The van der Waals surface area contributed by atoms with Gasteiger partial charge in [0.25, 0.3) is 0 Å². The normalized spacial score (nSPS) is 12.6. The summed E-state index contributed by atoms with van der Waals surface area (Å²) in [6.07, 6.45) is 0. The highest BCUT2D eigenvalue weighted by Gasteiger charge is 2.31. The minimum Gasteiger partial charge on any atom is -0.457 e. The van der Waals surface area contributed by atoms with Crippen LogP contribution in [0.3, 0.4) is 0 Å². The largest absolute Gasteiger partial charge is 0.457 e. The van der Waals surface area contributed by atoms with Crippen molar-refractivity contribution in [3.8, 4) is 11.5 Å². The number of fused-ring (bicyclic) bond motifs is 2. The maximum Gasteiger partial charge on any atom is 0.231 e. The molecule has 0 atom stereocenters. The van der Waals surface area contributed by atoms with Crippen LogP contribution in [0.1, 0.15) is 17.0 Å². The Morgan fingerprint density at radius 2 is 1.58 bits per heavy atom. The van der Waals surface area contributed by atoms with Crippen LogP contribution in [-0.4, -0.2) is 5.91 Å². The monoisotopic (exact) mass is 251 g/mol. The molecule has 0 unspecified atom stereocenters. The molecule has 5 nitrogen and oxygen atoms in total. The van der Waals surface area contributed by atoms with E-state index < -0.39 is 11.8 Å². The summed E-state index contributed by atoms with van der Waals surface area (Å²) >= 11 is 0. The quantitative estimate of drug-likeness (QED) is 0.439. The lowest BCUT2D eigenvalue weighted by atomic mass is 9.87. The van der Waals surface area contributed by atoms with E-state index in [9.17, 15) is 4.79 Å². The van der Waals surface area contributed by atoms with Crippen molar-refractivity contribution in [3.63, 3.8) is 0 Å². The van der Waals surface area contributed by atoms with E-state index in [1.807, 2.05) is 24.3 Å². The summed E-state index contributed by atoms with van der Waals surface area (Å²) in [4.78, 5) is 14.6. The summed E-state index contributed by atoms with van der Waals surface area (Å²) in [5, 5.41) is 3.23. The molecule has 0 radical (unpaired) electrons. The van der Waals surface area contributed by atoms with Gasteiger partial charge in [-0.15, -0.1) is 0 Å². The summed E-state index contributed by atoms with van der Waals surface area (Å²) in [6.45, 7) is 0. The minimum atomic E-state index is -0.600. The highest BCUT2D eigenvalue weighted by atomic mass is 16.5. The molecular formula is C14H9N3O2. The first-order chi connectivity index (χ1) is 9.31. The van der Waals surface area contributed by atoms with Gasteiger partial charge in [-0.2, -0.15) is 0 Å². The number of nitrogens with zero attached hydrogens (tertiary/aromatic N) is 3. The van der Waals surface area contributed by atoms with E-state index in [1.165, 1.54) is 0 Å². The van der Waals surface area contributed by atoms with Gasteiger partial charge in [-0.25, -0.2) is 0 Å². The number of benzene rings is 2. The van der Waals surface area contributed by atoms with Crippen molar-refractivity contribution < 1.29 is 9.53 Å². The third-order valence-corrected chi connectivity index (χ3v) is 3.07. The predicted octanol–water partition coefficient (Wildman–Crippen LogP) is 3.76. The van der Waals surface area contributed by atoms with Crippen LogP contribution in [-0.2, 0) is 4.79 Å². The van der Waals surface area contributed by atoms with E-state index >= 15 is 0 Å². The average molecular weight is 251 g/mol. The zero-order valence-corrected chi connectivity index (χ0v) is 9.85. The molecule has 3 rings (SSSR count). The fraction of sp³-hybridized carbons (Fsp3) is 0.0714. The van der Waals surface area contributed by atoms with Crippen molar-refractivity contribution >= 4 is 5.91 Å². The van der Waals surface area contributed by atoms with Gasteiger partial charge in [0.2, 0.25) is 5.91 Å². The molecule has 1 amide bonds. The molecular weight excluding hydrogens is 242 g/mol. The van der Waals surface area contributed by atoms with Crippen LogP contribution in [0, 0.1) is 0 Å². The van der Waals surface area contributed by atoms with Crippen molar-refractivity contribution in [1.29, 1.82) is 0 Å². The molecule has 0 saturated carbocycles. The lowest BCUT2D eigenvalue weighted by Crippen LogP contribution is -2.16. The fourth-order valence-electron chi connectivity index (χ4n) is 2.28. The molecule has 0 fully saturated rings. The van der Waals surface area contributed by atoms with Crippen molar-refractivity contribution in [3.05, 3.63) is 70.1 Å². The van der Waals surface area contributed by atoms with Crippen molar-refractivity contribution in [1.82, 2.24) is 0 Å². The molecule has 2 aromatic carbocycles. The van der Waals surface area contributed by atoms with Gasteiger partial charge in [0.1, 0.15) is 11.5 Å². The van der Waals surface area contributed by atoms with Gasteiger partial charge in [0.15, 0.2) is 0 Å². The van der Waals surface area contributed by atoms with Crippen LogP contribution in [0.5, 0.6) is 11.5 Å². The Morgan fingerprint density at radius 3 is 2.11 bits per heavy atom. The van der Waals surface area contributed by atoms with Crippen molar-refractivity contribution in [2.24, 2.45) is 5.11 Å². The highest BCUT2D eigenvalue weighted by Crippen LogP contribution is 2.44. The van der Waals surface area contributed by atoms with E-state index in [0.717, 1.165) is 11.1 Å².